The Kier molecular flexibility index (Phi) is 5.68. The number of hydrogen-bond acceptors (Lipinski definition) is 7. The van der Waals surface area contributed by atoms with E-state index in [9.17, 15) is 9.59 Å². The number of nitrogens with zero attached hydrogens (tertiary/aromatic N) is 3. The molecule has 1 unspecified atom stereocenters. The second-order valence-corrected chi connectivity index (χ2v) is 9.52. The van der Waals surface area contributed by atoms with E-state index in [0.29, 0.717) is 16.5 Å². The number of nitrogens with one attached hydrogen (secondary N) is 1. The van der Waals surface area contributed by atoms with Crippen LogP contribution in [0.3, 0.4) is 0 Å². The highest BCUT2D eigenvalue weighted by Gasteiger charge is 2.45. The van der Waals surface area contributed by atoms with Crippen LogP contribution >= 0.6 is 11.6 Å². The maximum Gasteiger partial charge on any atom is 0.410 e. The fourth-order valence-electron chi connectivity index (χ4n) is 4.53. The number of esters is 1. The van der Waals surface area contributed by atoms with E-state index in [1.807, 2.05) is 25.7 Å². The van der Waals surface area contributed by atoms with Crippen LogP contribution in [0.5, 0.6) is 0 Å². The Bertz CT molecular complexity index is 1010. The van der Waals surface area contributed by atoms with Gasteiger partial charge in [0.15, 0.2) is 0 Å². The van der Waals surface area contributed by atoms with Crippen LogP contribution in [0.2, 0.25) is 5.15 Å². The van der Waals surface area contributed by atoms with Gasteiger partial charge >= 0.3 is 12.1 Å². The molecule has 0 aromatic carbocycles. The zero-order valence-corrected chi connectivity index (χ0v) is 18.9. The zero-order valence-electron chi connectivity index (χ0n) is 18.1. The van der Waals surface area contributed by atoms with Gasteiger partial charge in [-0.05, 0) is 58.6 Å². The first-order valence-corrected chi connectivity index (χ1v) is 10.9. The number of carbonyl (C=O) groups is 2. The molecule has 2 saturated heterocycles. The minimum Gasteiger partial charge on any atom is -0.464 e. The van der Waals surface area contributed by atoms with Crippen molar-refractivity contribution in [3.05, 3.63) is 29.0 Å². The fourth-order valence-corrected chi connectivity index (χ4v) is 4.71. The zero-order chi connectivity index (χ0) is 22.3. The van der Waals surface area contributed by atoms with Crippen LogP contribution in [0, 0.1) is 0 Å². The lowest BCUT2D eigenvalue weighted by atomic mass is 9.97. The van der Waals surface area contributed by atoms with Gasteiger partial charge in [-0.25, -0.2) is 19.6 Å². The predicted molar refractivity (Wildman–Crippen MR) is 117 cm³/mol. The van der Waals surface area contributed by atoms with Gasteiger partial charge in [0, 0.05) is 29.6 Å². The maximum absolute atomic E-state index is 12.7. The van der Waals surface area contributed by atoms with Gasteiger partial charge in [0.1, 0.15) is 22.3 Å². The molecule has 2 aromatic rings. The fraction of sp³-hybridized carbons (Fsp3) is 0.545. The van der Waals surface area contributed by atoms with Crippen LogP contribution in [0.25, 0.3) is 10.9 Å². The minimum absolute atomic E-state index is 0.139. The SMILES string of the molecule is COC(=O)c1ccc2c(NC3C[C@H]4CC[C@@H](C3)N4C(=O)OC(C)(C)C)nc(Cl)cc2n1. The number of halogens is 1. The summed E-state index contributed by atoms with van der Waals surface area (Å²) in [5, 5.41) is 4.57. The highest BCUT2D eigenvalue weighted by molar-refractivity contribution is 6.30. The Morgan fingerprint density at radius 3 is 2.45 bits per heavy atom. The molecule has 8 nitrogen and oxygen atoms in total. The summed E-state index contributed by atoms with van der Waals surface area (Å²) in [7, 11) is 1.32. The average molecular weight is 447 g/mol. The summed E-state index contributed by atoms with van der Waals surface area (Å²) in [6, 6.07) is 5.46. The van der Waals surface area contributed by atoms with Gasteiger partial charge in [-0.2, -0.15) is 0 Å². The number of ether oxygens (including phenoxy) is 2. The second-order valence-electron chi connectivity index (χ2n) is 9.13. The molecular weight excluding hydrogens is 420 g/mol. The third-order valence-corrected chi connectivity index (χ3v) is 5.92. The molecule has 0 aliphatic carbocycles. The first kappa shape index (κ1) is 21.6. The number of amides is 1. The second kappa shape index (κ2) is 8.15. The van der Waals surface area contributed by atoms with Crippen LogP contribution in [-0.4, -0.2) is 57.8 Å². The van der Waals surface area contributed by atoms with Crippen molar-refractivity contribution in [1.29, 1.82) is 0 Å². The molecule has 2 aliphatic rings. The summed E-state index contributed by atoms with van der Waals surface area (Å²) < 4.78 is 10.4. The minimum atomic E-state index is -0.509. The molecule has 166 valence electrons. The number of carbonyl (C=O) groups excluding carboxylic acids is 2. The van der Waals surface area contributed by atoms with Crippen molar-refractivity contribution in [3.8, 4) is 0 Å². The van der Waals surface area contributed by atoms with Gasteiger partial charge in [0.05, 0.1) is 12.6 Å². The Morgan fingerprint density at radius 2 is 1.84 bits per heavy atom. The Hall–Kier alpha value is -2.61. The van der Waals surface area contributed by atoms with E-state index in [2.05, 4.69) is 15.3 Å². The number of rotatable bonds is 3. The van der Waals surface area contributed by atoms with E-state index >= 15 is 0 Å². The van der Waals surface area contributed by atoms with E-state index in [1.54, 1.807) is 18.2 Å². The van der Waals surface area contributed by atoms with Gasteiger partial charge in [0.25, 0.3) is 0 Å². The van der Waals surface area contributed by atoms with Gasteiger partial charge in [-0.1, -0.05) is 11.6 Å². The normalized spacial score (nSPS) is 23.0. The molecule has 31 heavy (non-hydrogen) atoms. The average Bonchev–Trinajstić information content (AvgIpc) is 2.96. The summed E-state index contributed by atoms with van der Waals surface area (Å²) in [4.78, 5) is 35.2. The van der Waals surface area contributed by atoms with Crippen LogP contribution in [0.1, 0.15) is 56.9 Å². The number of anilines is 1. The monoisotopic (exact) mass is 446 g/mol. The standard InChI is InChI=1S/C22H27ClN4O4/c1-22(2,3)31-21(29)27-13-5-6-14(27)10-12(9-13)24-19-15-7-8-16(20(28)30-4)25-17(15)11-18(23)26-19/h7-8,11-14H,5-6,9-10H2,1-4H3,(H,24,26)/t12?,13-,14+. The number of fused-ring (bicyclic) bond motifs is 3. The molecule has 9 heteroatoms. The summed E-state index contributed by atoms with van der Waals surface area (Å²) in [6.07, 6.45) is 3.31. The van der Waals surface area contributed by atoms with Crippen LogP contribution in [-0.2, 0) is 9.47 Å². The van der Waals surface area contributed by atoms with E-state index < -0.39 is 11.6 Å². The number of piperidine rings is 1. The van der Waals surface area contributed by atoms with Gasteiger partial charge in [-0.3, -0.25) is 0 Å². The lowest BCUT2D eigenvalue weighted by molar-refractivity contribution is 0.00681. The number of hydrogen-bond donors (Lipinski definition) is 1. The van der Waals surface area contributed by atoms with E-state index in [-0.39, 0.29) is 29.9 Å². The Balaban J connectivity index is 1.53. The van der Waals surface area contributed by atoms with E-state index in [0.717, 1.165) is 31.1 Å². The maximum atomic E-state index is 12.7. The third kappa shape index (κ3) is 4.54. The van der Waals surface area contributed by atoms with Crippen LogP contribution < -0.4 is 5.32 Å². The van der Waals surface area contributed by atoms with Gasteiger partial charge in [0.2, 0.25) is 0 Å². The van der Waals surface area contributed by atoms with E-state index in [1.165, 1.54) is 7.11 Å². The van der Waals surface area contributed by atoms with Crippen molar-refractivity contribution in [3.63, 3.8) is 0 Å². The van der Waals surface area contributed by atoms with Crippen molar-refractivity contribution < 1.29 is 19.1 Å². The molecule has 2 fully saturated rings. The molecule has 1 N–H and O–H groups in total. The first-order valence-electron chi connectivity index (χ1n) is 10.5. The number of pyridine rings is 2. The summed E-state index contributed by atoms with van der Waals surface area (Å²) in [5.41, 5.74) is 0.275. The molecule has 2 aliphatic heterocycles. The molecule has 4 rings (SSSR count). The summed E-state index contributed by atoms with van der Waals surface area (Å²) in [5.74, 6) is 0.122. The lowest BCUT2D eigenvalue weighted by Crippen LogP contribution is -2.51. The molecule has 0 radical (unpaired) electrons. The molecule has 4 heterocycles. The number of methoxy groups -OCH3 is 1. The Morgan fingerprint density at radius 1 is 1.16 bits per heavy atom. The third-order valence-electron chi connectivity index (χ3n) is 5.73. The van der Waals surface area contributed by atoms with Crippen LogP contribution in [0.15, 0.2) is 18.2 Å². The molecule has 3 atom stereocenters. The molecule has 0 spiro atoms. The summed E-state index contributed by atoms with van der Waals surface area (Å²) >= 11 is 6.23. The van der Waals surface area contributed by atoms with Crippen molar-refractivity contribution >= 4 is 40.4 Å². The lowest BCUT2D eigenvalue weighted by Gasteiger charge is -2.39. The topological polar surface area (TPSA) is 93.7 Å². The van der Waals surface area contributed by atoms with Crippen molar-refractivity contribution in [2.24, 2.45) is 0 Å². The highest BCUT2D eigenvalue weighted by atomic mass is 35.5. The Labute approximate surface area is 186 Å². The molecule has 0 saturated carbocycles. The quantitative estimate of drug-likeness (QED) is 0.551. The van der Waals surface area contributed by atoms with Gasteiger partial charge in [-0.15, -0.1) is 0 Å². The van der Waals surface area contributed by atoms with Gasteiger partial charge < -0.3 is 19.7 Å². The smallest absolute Gasteiger partial charge is 0.410 e. The van der Waals surface area contributed by atoms with E-state index in [4.69, 9.17) is 21.1 Å². The van der Waals surface area contributed by atoms with Crippen LogP contribution in [0.4, 0.5) is 10.6 Å². The first-order chi connectivity index (χ1) is 14.6. The molecular formula is C22H27ClN4O4. The largest absolute Gasteiger partial charge is 0.464 e. The highest BCUT2D eigenvalue weighted by Crippen LogP contribution is 2.38. The predicted octanol–water partition coefficient (Wildman–Crippen LogP) is 4.41. The van der Waals surface area contributed by atoms with Crippen molar-refractivity contribution in [2.75, 3.05) is 12.4 Å². The molecule has 1 amide bonds. The van der Waals surface area contributed by atoms with Crippen molar-refractivity contribution in [2.45, 2.75) is 70.2 Å². The molecule has 2 bridgehead atoms. The number of aromatic nitrogens is 2. The molecule has 2 aromatic heterocycles. The van der Waals surface area contributed by atoms with Crippen molar-refractivity contribution in [1.82, 2.24) is 14.9 Å². The summed E-state index contributed by atoms with van der Waals surface area (Å²) in [6.45, 7) is 5.66.